The van der Waals surface area contributed by atoms with Gasteiger partial charge in [0.25, 0.3) is 23.6 Å². The fourth-order valence-electron chi connectivity index (χ4n) is 3.06. The lowest BCUT2D eigenvalue weighted by molar-refractivity contribution is -0.130. The number of ether oxygens (including phenoxy) is 1. The maximum Gasteiger partial charge on any atom is 0.261 e. The Labute approximate surface area is 180 Å². The van der Waals surface area contributed by atoms with E-state index in [-0.39, 0.29) is 35.5 Å². The highest BCUT2D eigenvalue weighted by molar-refractivity contribution is 6.22. The molecule has 0 radical (unpaired) electrons. The number of carbonyl (C=O) groups is 4. The number of hydrogen-bond acceptors (Lipinski definition) is 5. The highest BCUT2D eigenvalue weighted by atomic mass is 16.5. The lowest BCUT2D eigenvalue weighted by Gasteiger charge is -2.12. The van der Waals surface area contributed by atoms with E-state index in [0.717, 1.165) is 12.8 Å². The fraction of sp³-hybridized carbons (Fsp3) is 0.304. The second-order valence-corrected chi connectivity index (χ2v) is 7.43. The van der Waals surface area contributed by atoms with Crippen molar-refractivity contribution in [2.75, 3.05) is 32.6 Å². The van der Waals surface area contributed by atoms with E-state index in [1.54, 1.807) is 38.4 Å². The summed E-state index contributed by atoms with van der Waals surface area (Å²) in [6, 6.07) is 11.1. The summed E-state index contributed by atoms with van der Waals surface area (Å²) < 4.78 is 5.41. The lowest BCUT2D eigenvalue weighted by Crippen LogP contribution is -2.30. The van der Waals surface area contributed by atoms with Crippen LogP contribution in [0.15, 0.2) is 42.5 Å². The number of nitrogens with zero attached hydrogens (tertiary/aromatic N) is 2. The van der Waals surface area contributed by atoms with E-state index in [4.69, 9.17) is 4.74 Å². The standard InChI is InChI=1S/C23H25N3O5/c1-4-5-12-26-22(29)18-11-6-15(13-19(18)23(26)30)21(28)24-16-7-9-17(10-8-16)31-14-20(27)25(2)3/h6-11,13H,4-5,12,14H2,1-3H3,(H,24,28). The van der Waals surface area contributed by atoms with E-state index in [1.165, 1.54) is 28.0 Å². The van der Waals surface area contributed by atoms with Crippen LogP contribution in [0.2, 0.25) is 0 Å². The molecule has 0 aliphatic carbocycles. The van der Waals surface area contributed by atoms with Crippen LogP contribution in [-0.2, 0) is 4.79 Å². The summed E-state index contributed by atoms with van der Waals surface area (Å²) in [5.74, 6) is -0.732. The summed E-state index contributed by atoms with van der Waals surface area (Å²) in [5, 5.41) is 2.75. The van der Waals surface area contributed by atoms with Crippen LogP contribution < -0.4 is 10.1 Å². The third-order valence-corrected chi connectivity index (χ3v) is 4.94. The Morgan fingerprint density at radius 1 is 1.00 bits per heavy atom. The molecule has 31 heavy (non-hydrogen) atoms. The van der Waals surface area contributed by atoms with Gasteiger partial charge < -0.3 is 15.0 Å². The molecule has 0 spiro atoms. The van der Waals surface area contributed by atoms with Crippen molar-refractivity contribution in [1.29, 1.82) is 0 Å². The van der Waals surface area contributed by atoms with Crippen molar-refractivity contribution in [1.82, 2.24) is 9.80 Å². The van der Waals surface area contributed by atoms with E-state index in [9.17, 15) is 19.2 Å². The zero-order valence-corrected chi connectivity index (χ0v) is 17.8. The summed E-state index contributed by atoms with van der Waals surface area (Å²) in [4.78, 5) is 51.9. The summed E-state index contributed by atoms with van der Waals surface area (Å²) in [5.41, 5.74) is 1.40. The first-order valence-electron chi connectivity index (χ1n) is 10.1. The van der Waals surface area contributed by atoms with Gasteiger partial charge in [0, 0.05) is 31.9 Å². The molecule has 0 unspecified atom stereocenters. The molecular formula is C23H25N3O5. The third kappa shape index (κ3) is 4.91. The van der Waals surface area contributed by atoms with Crippen LogP contribution in [0.1, 0.15) is 50.8 Å². The summed E-state index contributed by atoms with van der Waals surface area (Å²) in [7, 11) is 3.30. The van der Waals surface area contributed by atoms with Crippen molar-refractivity contribution in [3.8, 4) is 5.75 Å². The van der Waals surface area contributed by atoms with Crippen LogP contribution in [0.5, 0.6) is 5.75 Å². The molecule has 1 aliphatic heterocycles. The zero-order valence-electron chi connectivity index (χ0n) is 17.8. The topological polar surface area (TPSA) is 96.0 Å². The van der Waals surface area contributed by atoms with Gasteiger partial charge in [-0.1, -0.05) is 13.3 Å². The monoisotopic (exact) mass is 423 g/mol. The highest BCUT2D eigenvalue weighted by Gasteiger charge is 2.35. The first-order valence-corrected chi connectivity index (χ1v) is 10.1. The van der Waals surface area contributed by atoms with Gasteiger partial charge in [0.1, 0.15) is 5.75 Å². The van der Waals surface area contributed by atoms with Gasteiger partial charge in [-0.25, -0.2) is 0 Å². The number of anilines is 1. The molecule has 8 nitrogen and oxygen atoms in total. The smallest absolute Gasteiger partial charge is 0.261 e. The number of fused-ring (bicyclic) bond motifs is 1. The summed E-state index contributed by atoms with van der Waals surface area (Å²) in [6.07, 6.45) is 1.61. The average molecular weight is 423 g/mol. The van der Waals surface area contributed by atoms with Gasteiger partial charge in [0.05, 0.1) is 11.1 Å². The summed E-state index contributed by atoms with van der Waals surface area (Å²) >= 11 is 0. The predicted molar refractivity (Wildman–Crippen MR) is 115 cm³/mol. The van der Waals surface area contributed by atoms with Crippen molar-refractivity contribution >= 4 is 29.3 Å². The molecule has 1 heterocycles. The number of nitrogens with one attached hydrogen (secondary N) is 1. The molecule has 2 aromatic rings. The minimum absolute atomic E-state index is 0.0736. The highest BCUT2D eigenvalue weighted by Crippen LogP contribution is 2.25. The third-order valence-electron chi connectivity index (χ3n) is 4.94. The van der Waals surface area contributed by atoms with Gasteiger partial charge in [-0.05, 0) is 48.9 Å². The number of likely N-dealkylation sites (N-methyl/N-ethyl adjacent to an activating group) is 1. The largest absolute Gasteiger partial charge is 0.484 e. The molecule has 0 bridgehead atoms. The average Bonchev–Trinajstić information content (AvgIpc) is 3.00. The minimum atomic E-state index is -0.397. The number of unbranched alkanes of at least 4 members (excludes halogenated alkanes) is 1. The van der Waals surface area contributed by atoms with Crippen molar-refractivity contribution < 1.29 is 23.9 Å². The molecule has 0 atom stereocenters. The van der Waals surface area contributed by atoms with Gasteiger partial charge in [-0.2, -0.15) is 0 Å². The number of imide groups is 1. The van der Waals surface area contributed by atoms with Crippen LogP contribution in [0.25, 0.3) is 0 Å². The Bertz CT molecular complexity index is 1010. The minimum Gasteiger partial charge on any atom is -0.484 e. The van der Waals surface area contributed by atoms with Crippen molar-refractivity contribution in [3.05, 3.63) is 59.2 Å². The molecule has 0 aromatic heterocycles. The Hall–Kier alpha value is -3.68. The van der Waals surface area contributed by atoms with Crippen molar-refractivity contribution in [3.63, 3.8) is 0 Å². The Balaban J connectivity index is 1.66. The van der Waals surface area contributed by atoms with Crippen LogP contribution >= 0.6 is 0 Å². The molecule has 2 aromatic carbocycles. The number of amides is 4. The predicted octanol–water partition coefficient (Wildman–Crippen LogP) is 2.80. The first kappa shape index (κ1) is 22.0. The maximum atomic E-state index is 12.6. The molecule has 162 valence electrons. The normalized spacial score (nSPS) is 12.5. The Kier molecular flexibility index (Phi) is 6.69. The lowest BCUT2D eigenvalue weighted by atomic mass is 10.1. The quantitative estimate of drug-likeness (QED) is 0.659. The maximum absolute atomic E-state index is 12.6. The number of benzene rings is 2. The molecular weight excluding hydrogens is 398 g/mol. The van der Waals surface area contributed by atoms with Gasteiger partial charge in [-0.15, -0.1) is 0 Å². The van der Waals surface area contributed by atoms with E-state index >= 15 is 0 Å². The van der Waals surface area contributed by atoms with Gasteiger partial charge >= 0.3 is 0 Å². The van der Waals surface area contributed by atoms with Crippen LogP contribution in [0.3, 0.4) is 0 Å². The van der Waals surface area contributed by atoms with Gasteiger partial charge in [0.15, 0.2) is 6.61 Å². The van der Waals surface area contributed by atoms with Crippen molar-refractivity contribution in [2.24, 2.45) is 0 Å². The molecule has 0 saturated carbocycles. The van der Waals surface area contributed by atoms with E-state index in [1.807, 2.05) is 6.92 Å². The second kappa shape index (κ2) is 9.42. The number of hydrogen-bond donors (Lipinski definition) is 1. The SMILES string of the molecule is CCCCN1C(=O)c2ccc(C(=O)Nc3ccc(OCC(=O)N(C)C)cc3)cc2C1=O. The van der Waals surface area contributed by atoms with E-state index < -0.39 is 5.91 Å². The van der Waals surface area contributed by atoms with E-state index in [0.29, 0.717) is 23.5 Å². The number of carbonyl (C=O) groups excluding carboxylic acids is 4. The Morgan fingerprint density at radius 3 is 2.32 bits per heavy atom. The molecule has 0 fully saturated rings. The molecule has 4 amide bonds. The fourth-order valence-corrected chi connectivity index (χ4v) is 3.06. The molecule has 1 aliphatic rings. The van der Waals surface area contributed by atoms with Gasteiger partial charge in [0.2, 0.25) is 0 Å². The Morgan fingerprint density at radius 2 is 1.68 bits per heavy atom. The van der Waals surface area contributed by atoms with Crippen molar-refractivity contribution in [2.45, 2.75) is 19.8 Å². The van der Waals surface area contributed by atoms with Crippen LogP contribution in [-0.4, -0.2) is 60.7 Å². The first-order chi connectivity index (χ1) is 14.8. The van der Waals surface area contributed by atoms with Gasteiger partial charge in [-0.3, -0.25) is 24.1 Å². The van der Waals surface area contributed by atoms with E-state index in [2.05, 4.69) is 5.32 Å². The molecule has 3 rings (SSSR count). The van der Waals surface area contributed by atoms with Crippen LogP contribution in [0, 0.1) is 0 Å². The molecule has 1 N–H and O–H groups in total. The molecule has 8 heteroatoms. The number of rotatable bonds is 8. The second-order valence-electron chi connectivity index (χ2n) is 7.43. The molecule has 0 saturated heterocycles. The van der Waals surface area contributed by atoms with Crippen LogP contribution in [0.4, 0.5) is 5.69 Å². The summed E-state index contributed by atoms with van der Waals surface area (Å²) in [6.45, 7) is 2.29. The zero-order chi connectivity index (χ0) is 22.5.